The average Bonchev–Trinajstić information content (AvgIpc) is 2.50. The summed E-state index contributed by atoms with van der Waals surface area (Å²) < 4.78 is 4.87. The Kier molecular flexibility index (Phi) is 8.08. The number of allylic oxidation sites excluding steroid dienone is 7. The lowest BCUT2D eigenvalue weighted by molar-refractivity contribution is -0.139. The Hall–Kier alpha value is -1.90. The highest BCUT2D eigenvalue weighted by Gasteiger charge is 2.29. The molecular formula is C22H32O3. The van der Waals surface area contributed by atoms with E-state index < -0.39 is 0 Å². The van der Waals surface area contributed by atoms with Crippen LogP contribution in [0.2, 0.25) is 0 Å². The lowest BCUT2D eigenvalue weighted by atomic mass is 9.71. The van der Waals surface area contributed by atoms with Gasteiger partial charge in [0.1, 0.15) is 6.61 Å². The summed E-state index contributed by atoms with van der Waals surface area (Å²) >= 11 is 0. The van der Waals surface area contributed by atoms with E-state index in [0.29, 0.717) is 6.42 Å². The molecule has 0 aromatic carbocycles. The maximum atomic E-state index is 12.6. The zero-order chi connectivity index (χ0) is 19.0. The molecule has 0 unspecified atom stereocenters. The van der Waals surface area contributed by atoms with Gasteiger partial charge in [-0.15, -0.1) is 0 Å². The third kappa shape index (κ3) is 7.25. The molecule has 1 rings (SSSR count). The fourth-order valence-electron chi connectivity index (χ4n) is 3.16. The van der Waals surface area contributed by atoms with E-state index in [4.69, 9.17) is 4.74 Å². The van der Waals surface area contributed by atoms with Crippen molar-refractivity contribution in [3.63, 3.8) is 0 Å². The fourth-order valence-corrected chi connectivity index (χ4v) is 3.16. The van der Waals surface area contributed by atoms with E-state index in [1.165, 1.54) is 24.5 Å². The predicted molar refractivity (Wildman–Crippen MR) is 103 cm³/mol. The fraction of sp³-hybridized carbons (Fsp3) is 0.545. The molecule has 0 N–H and O–H groups in total. The van der Waals surface area contributed by atoms with Crippen LogP contribution in [-0.4, -0.2) is 18.4 Å². The number of esters is 1. The monoisotopic (exact) mass is 344 g/mol. The van der Waals surface area contributed by atoms with Gasteiger partial charge in [0.25, 0.3) is 0 Å². The van der Waals surface area contributed by atoms with Crippen molar-refractivity contribution in [1.82, 2.24) is 0 Å². The Morgan fingerprint density at radius 1 is 1.20 bits per heavy atom. The van der Waals surface area contributed by atoms with Gasteiger partial charge in [0, 0.05) is 13.3 Å². The molecule has 3 nitrogen and oxygen atoms in total. The Morgan fingerprint density at radius 3 is 2.48 bits per heavy atom. The van der Waals surface area contributed by atoms with Crippen molar-refractivity contribution >= 4 is 11.8 Å². The third-order valence-electron chi connectivity index (χ3n) is 4.86. The molecule has 0 atom stereocenters. The zero-order valence-electron chi connectivity index (χ0n) is 16.6. The van der Waals surface area contributed by atoms with Gasteiger partial charge in [0.05, 0.1) is 0 Å². The number of Topliss-reactive ketones (excluding diaryl/α,β-unsaturated/α-hetero) is 1. The van der Waals surface area contributed by atoms with Gasteiger partial charge in [-0.05, 0) is 57.1 Å². The summed E-state index contributed by atoms with van der Waals surface area (Å²) in [7, 11) is 0. The summed E-state index contributed by atoms with van der Waals surface area (Å²) in [6.45, 7) is 12.1. The van der Waals surface area contributed by atoms with Crippen LogP contribution in [0.4, 0.5) is 0 Å². The standard InChI is InChI=1S/C22H32O3/c1-16(12-14-25-19(4)23)9-7-10-18(3)21(24)15-20-17(2)11-8-13-22(20,5)6/h7,9-10,12H,8,11,13-15H2,1-6H3/b9-7?,16-12+,18-10?. The molecular weight excluding hydrogens is 312 g/mol. The molecule has 3 heteroatoms. The molecule has 0 spiro atoms. The van der Waals surface area contributed by atoms with Crippen LogP contribution in [0.1, 0.15) is 67.2 Å². The third-order valence-corrected chi connectivity index (χ3v) is 4.86. The van der Waals surface area contributed by atoms with Crippen LogP contribution in [-0.2, 0) is 14.3 Å². The Labute approximate surface area is 152 Å². The number of carbonyl (C=O) groups excluding carboxylic acids is 2. The molecule has 1 aliphatic rings. The molecule has 0 fully saturated rings. The summed E-state index contributed by atoms with van der Waals surface area (Å²) in [5.74, 6) is -0.0971. The molecule has 0 bridgehead atoms. The predicted octanol–water partition coefficient (Wildman–Crippen LogP) is 5.48. The van der Waals surface area contributed by atoms with Crippen LogP contribution in [0, 0.1) is 5.41 Å². The molecule has 0 aromatic rings. The van der Waals surface area contributed by atoms with Gasteiger partial charge in [-0.2, -0.15) is 0 Å². The summed E-state index contributed by atoms with van der Waals surface area (Å²) in [6.07, 6.45) is 11.5. The van der Waals surface area contributed by atoms with E-state index in [1.54, 1.807) is 0 Å². The highest BCUT2D eigenvalue weighted by atomic mass is 16.5. The smallest absolute Gasteiger partial charge is 0.302 e. The van der Waals surface area contributed by atoms with Crippen molar-refractivity contribution in [3.8, 4) is 0 Å². The van der Waals surface area contributed by atoms with Crippen LogP contribution in [0.5, 0.6) is 0 Å². The topological polar surface area (TPSA) is 43.4 Å². The summed E-state index contributed by atoms with van der Waals surface area (Å²) in [4.78, 5) is 23.3. The maximum Gasteiger partial charge on any atom is 0.302 e. The molecule has 138 valence electrons. The first kappa shape index (κ1) is 21.1. The first-order chi connectivity index (χ1) is 11.6. The van der Waals surface area contributed by atoms with Gasteiger partial charge < -0.3 is 4.74 Å². The second kappa shape index (κ2) is 9.55. The molecule has 25 heavy (non-hydrogen) atoms. The van der Waals surface area contributed by atoms with Crippen LogP contribution in [0.3, 0.4) is 0 Å². The van der Waals surface area contributed by atoms with Crippen LogP contribution in [0.25, 0.3) is 0 Å². The first-order valence-electron chi connectivity index (χ1n) is 9.01. The van der Waals surface area contributed by atoms with E-state index in [-0.39, 0.29) is 23.8 Å². The van der Waals surface area contributed by atoms with Gasteiger partial charge in [0.15, 0.2) is 5.78 Å². The van der Waals surface area contributed by atoms with Crippen molar-refractivity contribution in [2.24, 2.45) is 5.41 Å². The second-order valence-electron chi connectivity index (χ2n) is 7.56. The molecule has 0 saturated heterocycles. The second-order valence-corrected chi connectivity index (χ2v) is 7.56. The number of rotatable bonds is 7. The highest BCUT2D eigenvalue weighted by Crippen LogP contribution is 2.42. The largest absolute Gasteiger partial charge is 0.462 e. The van der Waals surface area contributed by atoms with E-state index >= 15 is 0 Å². The number of hydrogen-bond donors (Lipinski definition) is 0. The van der Waals surface area contributed by atoms with Gasteiger partial charge in [-0.3, -0.25) is 9.59 Å². The molecule has 0 aliphatic heterocycles. The normalized spacial score (nSPS) is 18.6. The molecule has 0 saturated carbocycles. The van der Waals surface area contributed by atoms with Crippen molar-refractivity contribution in [2.45, 2.75) is 67.2 Å². The highest BCUT2D eigenvalue weighted by molar-refractivity contribution is 5.96. The molecule has 0 heterocycles. The van der Waals surface area contributed by atoms with Gasteiger partial charge in [-0.1, -0.05) is 48.8 Å². The van der Waals surface area contributed by atoms with Crippen LogP contribution < -0.4 is 0 Å². The Balaban J connectivity index is 2.68. The van der Waals surface area contributed by atoms with E-state index in [2.05, 4.69) is 20.8 Å². The summed E-state index contributed by atoms with van der Waals surface area (Å²) in [6, 6.07) is 0. The van der Waals surface area contributed by atoms with Gasteiger partial charge >= 0.3 is 5.97 Å². The minimum Gasteiger partial charge on any atom is -0.462 e. The van der Waals surface area contributed by atoms with Crippen LogP contribution >= 0.6 is 0 Å². The van der Waals surface area contributed by atoms with E-state index in [9.17, 15) is 9.59 Å². The minimum atomic E-state index is -0.287. The molecule has 1 aliphatic carbocycles. The molecule has 0 aromatic heterocycles. The number of ketones is 1. The lowest BCUT2D eigenvalue weighted by Gasteiger charge is -2.34. The quantitative estimate of drug-likeness (QED) is 0.266. The zero-order valence-corrected chi connectivity index (χ0v) is 16.6. The van der Waals surface area contributed by atoms with Gasteiger partial charge in [-0.25, -0.2) is 0 Å². The minimum absolute atomic E-state index is 0.129. The lowest BCUT2D eigenvalue weighted by Crippen LogP contribution is -2.22. The van der Waals surface area contributed by atoms with E-state index in [0.717, 1.165) is 24.0 Å². The summed E-state index contributed by atoms with van der Waals surface area (Å²) in [5.41, 5.74) is 4.59. The van der Waals surface area contributed by atoms with Gasteiger partial charge in [0.2, 0.25) is 0 Å². The number of ether oxygens (including phenoxy) is 1. The molecule has 0 radical (unpaired) electrons. The number of hydrogen-bond acceptors (Lipinski definition) is 3. The van der Waals surface area contributed by atoms with Crippen molar-refractivity contribution in [2.75, 3.05) is 6.61 Å². The van der Waals surface area contributed by atoms with Crippen molar-refractivity contribution in [1.29, 1.82) is 0 Å². The van der Waals surface area contributed by atoms with Crippen molar-refractivity contribution < 1.29 is 14.3 Å². The Bertz CT molecular complexity index is 628. The Morgan fingerprint density at radius 2 is 1.88 bits per heavy atom. The average molecular weight is 344 g/mol. The maximum absolute atomic E-state index is 12.6. The van der Waals surface area contributed by atoms with E-state index in [1.807, 2.05) is 38.2 Å². The van der Waals surface area contributed by atoms with Crippen molar-refractivity contribution in [3.05, 3.63) is 46.6 Å². The SMILES string of the molecule is CC(=O)OC/C=C(\C)C=CC=C(C)C(=O)CC1=C(C)CCCC1(C)C. The van der Waals surface area contributed by atoms with Crippen LogP contribution in [0.15, 0.2) is 46.6 Å². The number of carbonyl (C=O) groups is 2. The molecule has 0 amide bonds. The summed E-state index contributed by atoms with van der Waals surface area (Å²) in [5, 5.41) is 0. The first-order valence-corrected chi connectivity index (χ1v) is 9.01.